The largest absolute Gasteiger partial charge is 0.257 e. The van der Waals surface area contributed by atoms with Crippen LogP contribution in [0, 0.1) is 0 Å². The van der Waals surface area contributed by atoms with Crippen LogP contribution >= 0.6 is 0 Å². The van der Waals surface area contributed by atoms with Crippen LogP contribution in [0.15, 0.2) is 27.7 Å². The first-order chi connectivity index (χ1) is 5.47. The van der Waals surface area contributed by atoms with Crippen molar-refractivity contribution < 1.29 is 0 Å². The molecule has 1 N–H and O–H groups in total. The molecule has 0 atom stereocenters. The zero-order valence-electron chi connectivity index (χ0n) is 5.47. The minimum absolute atomic E-state index is 0.449. The van der Waals surface area contributed by atoms with Gasteiger partial charge in [-0.2, -0.15) is 5.10 Å². The molecule has 1 aliphatic heterocycles. The lowest BCUT2D eigenvalue weighted by Crippen LogP contribution is -1.91. The topological polar surface area (TPSA) is 74.9 Å². The molecule has 0 bridgehead atoms. The molecule has 6 heteroatoms. The Balaban J connectivity index is 2.52. The van der Waals surface area contributed by atoms with Crippen LogP contribution in [-0.2, 0) is 0 Å². The van der Waals surface area contributed by atoms with Gasteiger partial charge >= 0.3 is 0 Å². The number of rotatable bonds is 0. The first kappa shape index (κ1) is 5.90. The maximum atomic E-state index is 3.94. The molecule has 0 aromatic carbocycles. The fraction of sp³-hybridized carbons (Fsp3) is 0. The van der Waals surface area contributed by atoms with Crippen LogP contribution in [-0.4, -0.2) is 16.3 Å². The Morgan fingerprint density at radius 1 is 1.18 bits per heavy atom. The van der Waals surface area contributed by atoms with Gasteiger partial charge in [0.1, 0.15) is 0 Å². The van der Waals surface area contributed by atoms with Crippen LogP contribution in [0.5, 0.6) is 0 Å². The average molecular weight is 148 g/mol. The van der Waals surface area contributed by atoms with E-state index in [1.807, 2.05) is 0 Å². The summed E-state index contributed by atoms with van der Waals surface area (Å²) < 4.78 is 0. The van der Waals surface area contributed by atoms with E-state index in [9.17, 15) is 0 Å². The maximum absolute atomic E-state index is 3.94. The summed E-state index contributed by atoms with van der Waals surface area (Å²) in [5.41, 5.74) is 2.63. The predicted octanol–water partition coefficient (Wildman–Crippen LogP) is 0.929. The van der Waals surface area contributed by atoms with Gasteiger partial charge in [0.15, 0.2) is 12.2 Å². The summed E-state index contributed by atoms with van der Waals surface area (Å²) in [4.78, 5) is 7.85. The quantitative estimate of drug-likeness (QED) is 0.594. The second-order valence-corrected chi connectivity index (χ2v) is 1.80. The molecule has 0 radical (unpaired) electrons. The molecule has 0 amide bonds. The normalized spacial score (nSPS) is 13.5. The van der Waals surface area contributed by atoms with E-state index in [4.69, 9.17) is 0 Å². The number of nitrogens with zero attached hydrogens (tertiary/aromatic N) is 5. The number of fused-ring (bicyclic) bond motifs is 1. The molecule has 1 aromatic heterocycles. The van der Waals surface area contributed by atoms with Crippen LogP contribution in [0.3, 0.4) is 0 Å². The smallest absolute Gasteiger partial charge is 0.219 e. The number of nitrogens with one attached hydrogen (secondary N) is 1. The summed E-state index contributed by atoms with van der Waals surface area (Å²) in [5, 5.41) is 11.0. The Morgan fingerprint density at radius 2 is 2.09 bits per heavy atom. The lowest BCUT2D eigenvalue weighted by Gasteiger charge is -1.96. The zero-order valence-corrected chi connectivity index (χ0v) is 5.47. The van der Waals surface area contributed by atoms with Crippen molar-refractivity contribution >= 4 is 18.0 Å². The van der Waals surface area contributed by atoms with Gasteiger partial charge in [-0.3, -0.25) is 5.43 Å². The predicted molar refractivity (Wildman–Crippen MR) is 38.7 cm³/mol. The fourth-order valence-electron chi connectivity index (χ4n) is 0.679. The van der Waals surface area contributed by atoms with Gasteiger partial charge < -0.3 is 0 Å². The number of anilines is 1. The Bertz CT molecular complexity index is 317. The number of aromatic nitrogens is 2. The Hall–Kier alpha value is -1.85. The molecule has 11 heavy (non-hydrogen) atoms. The Kier molecular flexibility index (Phi) is 1.29. The highest BCUT2D eigenvalue weighted by atomic mass is 15.4. The van der Waals surface area contributed by atoms with Gasteiger partial charge in [-0.25, -0.2) is 9.97 Å². The molecule has 1 aliphatic rings. The number of azo groups is 1. The van der Waals surface area contributed by atoms with Crippen molar-refractivity contribution in [3.05, 3.63) is 12.4 Å². The highest BCUT2D eigenvalue weighted by Crippen LogP contribution is 2.18. The zero-order chi connectivity index (χ0) is 7.52. The van der Waals surface area contributed by atoms with Gasteiger partial charge in [0, 0.05) is 12.4 Å². The number of hydrazone groups is 1. The summed E-state index contributed by atoms with van der Waals surface area (Å²) in [7, 11) is 0. The standard InChI is InChI=1S/C5H4N6/c1-2-7-5-4(6-1)10-8-3-9-11-5/h1-3H,(H,6,10). The van der Waals surface area contributed by atoms with Crippen molar-refractivity contribution in [3.8, 4) is 0 Å². The lowest BCUT2D eigenvalue weighted by atomic mass is 10.6. The van der Waals surface area contributed by atoms with Gasteiger partial charge in [0.05, 0.1) is 0 Å². The van der Waals surface area contributed by atoms with E-state index in [2.05, 4.69) is 30.7 Å². The van der Waals surface area contributed by atoms with Crippen LogP contribution in [0.2, 0.25) is 0 Å². The van der Waals surface area contributed by atoms with Crippen molar-refractivity contribution in [2.75, 3.05) is 5.43 Å². The van der Waals surface area contributed by atoms with Gasteiger partial charge in [-0.1, -0.05) is 0 Å². The summed E-state index contributed by atoms with van der Waals surface area (Å²) in [6.45, 7) is 0. The summed E-state index contributed by atoms with van der Waals surface area (Å²) in [6, 6.07) is 0. The van der Waals surface area contributed by atoms with Crippen molar-refractivity contribution in [2.45, 2.75) is 0 Å². The molecule has 0 saturated heterocycles. The summed E-state index contributed by atoms with van der Waals surface area (Å²) >= 11 is 0. The maximum Gasteiger partial charge on any atom is 0.219 e. The molecule has 0 unspecified atom stereocenters. The lowest BCUT2D eigenvalue weighted by molar-refractivity contribution is 1.13. The molecule has 54 valence electrons. The van der Waals surface area contributed by atoms with Crippen LogP contribution in [0.1, 0.15) is 0 Å². The first-order valence-electron chi connectivity index (χ1n) is 2.96. The van der Waals surface area contributed by atoms with E-state index in [1.165, 1.54) is 6.34 Å². The van der Waals surface area contributed by atoms with Gasteiger partial charge in [0.25, 0.3) is 0 Å². The van der Waals surface area contributed by atoms with E-state index < -0.39 is 0 Å². The van der Waals surface area contributed by atoms with E-state index in [1.54, 1.807) is 12.4 Å². The molecule has 2 heterocycles. The second kappa shape index (κ2) is 2.41. The van der Waals surface area contributed by atoms with Crippen molar-refractivity contribution in [2.24, 2.45) is 15.3 Å². The highest BCUT2D eigenvalue weighted by Gasteiger charge is 2.02. The summed E-state index contributed by atoms with van der Waals surface area (Å²) in [6.07, 6.45) is 4.40. The molecular weight excluding hydrogens is 144 g/mol. The van der Waals surface area contributed by atoms with Crippen LogP contribution < -0.4 is 5.43 Å². The highest BCUT2D eigenvalue weighted by molar-refractivity contribution is 5.63. The molecular formula is C5H4N6. The van der Waals surface area contributed by atoms with Gasteiger partial charge in [0.2, 0.25) is 5.82 Å². The van der Waals surface area contributed by atoms with Crippen LogP contribution in [0.4, 0.5) is 11.6 Å². The number of hydrogen-bond acceptors (Lipinski definition) is 6. The Morgan fingerprint density at radius 3 is 3.09 bits per heavy atom. The molecule has 1 aromatic rings. The van der Waals surface area contributed by atoms with Crippen LogP contribution in [0.25, 0.3) is 0 Å². The van der Waals surface area contributed by atoms with Crippen molar-refractivity contribution in [3.63, 3.8) is 0 Å². The van der Waals surface area contributed by atoms with Crippen molar-refractivity contribution in [1.29, 1.82) is 0 Å². The van der Waals surface area contributed by atoms with E-state index in [0.29, 0.717) is 11.6 Å². The third kappa shape index (κ3) is 1.05. The fourth-order valence-corrected chi connectivity index (χ4v) is 0.679. The van der Waals surface area contributed by atoms with Gasteiger partial charge in [-0.05, 0) is 0 Å². The monoisotopic (exact) mass is 148 g/mol. The minimum atomic E-state index is 0.449. The average Bonchev–Trinajstić information content (AvgIpc) is 2.28. The second-order valence-electron chi connectivity index (χ2n) is 1.80. The van der Waals surface area contributed by atoms with E-state index >= 15 is 0 Å². The van der Waals surface area contributed by atoms with Crippen molar-refractivity contribution in [1.82, 2.24) is 9.97 Å². The van der Waals surface area contributed by atoms with Gasteiger partial charge in [-0.15, -0.1) is 10.2 Å². The van der Waals surface area contributed by atoms with E-state index in [0.717, 1.165) is 0 Å². The molecule has 0 fully saturated rings. The Labute approximate surface area is 62.1 Å². The first-order valence-corrected chi connectivity index (χ1v) is 2.96. The molecule has 0 spiro atoms. The SMILES string of the molecule is C1=NNc2nccnc2N=N1. The number of hydrogen-bond donors (Lipinski definition) is 1. The summed E-state index contributed by atoms with van der Waals surface area (Å²) in [5.74, 6) is 0.968. The third-order valence-corrected chi connectivity index (χ3v) is 1.11. The molecule has 2 rings (SSSR count). The third-order valence-electron chi connectivity index (χ3n) is 1.11. The molecule has 6 nitrogen and oxygen atoms in total. The molecule has 0 aliphatic carbocycles. The molecule has 0 saturated carbocycles. The van der Waals surface area contributed by atoms with E-state index in [-0.39, 0.29) is 0 Å². The minimum Gasteiger partial charge on any atom is -0.257 e.